The number of aryl methyl sites for hydroxylation is 1. The molecule has 0 radical (unpaired) electrons. The Bertz CT molecular complexity index is 745. The Morgan fingerprint density at radius 3 is 3.13 bits per heavy atom. The summed E-state index contributed by atoms with van der Waals surface area (Å²) in [6.07, 6.45) is 2.41. The van der Waals surface area contributed by atoms with Crippen LogP contribution in [-0.2, 0) is 11.2 Å². The molecule has 3 rings (SSSR count). The third kappa shape index (κ3) is 3.13. The SMILES string of the molecule is CCc1[nH]ccc1C(=O)N1CCOC(c2cccc(C#N)c2)C1. The predicted octanol–water partition coefficient (Wildman–Crippen LogP) is 2.66. The summed E-state index contributed by atoms with van der Waals surface area (Å²) < 4.78 is 5.81. The second kappa shape index (κ2) is 6.67. The summed E-state index contributed by atoms with van der Waals surface area (Å²) >= 11 is 0. The minimum absolute atomic E-state index is 0.0350. The first-order chi connectivity index (χ1) is 11.2. The molecule has 2 heterocycles. The number of hydrogen-bond donors (Lipinski definition) is 1. The minimum atomic E-state index is -0.190. The molecule has 0 aliphatic carbocycles. The van der Waals surface area contributed by atoms with Crippen LogP contribution in [0.3, 0.4) is 0 Å². The predicted molar refractivity (Wildman–Crippen MR) is 85.9 cm³/mol. The van der Waals surface area contributed by atoms with Crippen LogP contribution in [0, 0.1) is 11.3 Å². The number of carbonyl (C=O) groups excluding carboxylic acids is 1. The highest BCUT2D eigenvalue weighted by molar-refractivity contribution is 5.95. The first-order valence-corrected chi connectivity index (χ1v) is 7.80. The van der Waals surface area contributed by atoms with Crippen LogP contribution in [0.4, 0.5) is 0 Å². The maximum atomic E-state index is 12.7. The first kappa shape index (κ1) is 15.3. The van der Waals surface area contributed by atoms with E-state index in [0.717, 1.165) is 23.2 Å². The van der Waals surface area contributed by atoms with Gasteiger partial charge < -0.3 is 14.6 Å². The number of nitriles is 1. The van der Waals surface area contributed by atoms with Gasteiger partial charge in [-0.3, -0.25) is 4.79 Å². The van der Waals surface area contributed by atoms with Crippen molar-refractivity contribution >= 4 is 5.91 Å². The Hall–Kier alpha value is -2.58. The van der Waals surface area contributed by atoms with Crippen LogP contribution < -0.4 is 0 Å². The van der Waals surface area contributed by atoms with E-state index in [9.17, 15) is 4.79 Å². The molecule has 0 spiro atoms. The van der Waals surface area contributed by atoms with Crippen LogP contribution in [-0.4, -0.2) is 35.5 Å². The summed E-state index contributed by atoms with van der Waals surface area (Å²) in [6, 6.07) is 11.3. The standard InChI is InChI=1S/C18H19N3O2/c1-2-16-15(6-7-20-16)18(22)21-8-9-23-17(12-21)14-5-3-4-13(10-14)11-19/h3-7,10,17,20H,2,8-9,12H2,1H3. The molecule has 5 nitrogen and oxygen atoms in total. The molecule has 1 N–H and O–H groups in total. The number of benzene rings is 1. The van der Waals surface area contributed by atoms with E-state index < -0.39 is 0 Å². The Morgan fingerprint density at radius 2 is 2.35 bits per heavy atom. The lowest BCUT2D eigenvalue weighted by Gasteiger charge is -2.33. The van der Waals surface area contributed by atoms with Gasteiger partial charge in [0.2, 0.25) is 0 Å². The number of morpholine rings is 1. The van der Waals surface area contributed by atoms with Crippen LogP contribution in [0.25, 0.3) is 0 Å². The number of hydrogen-bond acceptors (Lipinski definition) is 3. The first-order valence-electron chi connectivity index (χ1n) is 7.80. The smallest absolute Gasteiger partial charge is 0.255 e. The topological polar surface area (TPSA) is 69.1 Å². The lowest BCUT2D eigenvalue weighted by molar-refractivity contribution is -0.0228. The molecule has 5 heteroatoms. The maximum Gasteiger partial charge on any atom is 0.255 e. The molecule has 1 atom stereocenters. The van der Waals surface area contributed by atoms with Gasteiger partial charge in [-0.05, 0) is 30.2 Å². The summed E-state index contributed by atoms with van der Waals surface area (Å²) in [5, 5.41) is 9.02. The third-order valence-electron chi connectivity index (χ3n) is 4.16. The number of aromatic nitrogens is 1. The van der Waals surface area contributed by atoms with Gasteiger partial charge in [-0.2, -0.15) is 5.26 Å². The van der Waals surface area contributed by atoms with Crippen molar-refractivity contribution in [3.63, 3.8) is 0 Å². The van der Waals surface area contributed by atoms with Gasteiger partial charge in [-0.15, -0.1) is 0 Å². The lowest BCUT2D eigenvalue weighted by atomic mass is 10.0. The van der Waals surface area contributed by atoms with Crippen molar-refractivity contribution in [2.45, 2.75) is 19.4 Å². The zero-order valence-electron chi connectivity index (χ0n) is 13.1. The molecule has 118 valence electrons. The number of carbonyl (C=O) groups is 1. The molecule has 1 aliphatic heterocycles. The Morgan fingerprint density at radius 1 is 1.48 bits per heavy atom. The molecule has 2 aromatic rings. The molecule has 1 saturated heterocycles. The monoisotopic (exact) mass is 309 g/mol. The summed E-state index contributed by atoms with van der Waals surface area (Å²) in [4.78, 5) is 17.7. The van der Waals surface area contributed by atoms with Gasteiger partial charge in [0, 0.05) is 18.4 Å². The van der Waals surface area contributed by atoms with Crippen molar-refractivity contribution < 1.29 is 9.53 Å². The maximum absolute atomic E-state index is 12.7. The molecule has 0 bridgehead atoms. The second-order valence-corrected chi connectivity index (χ2v) is 5.57. The number of ether oxygens (including phenoxy) is 1. The summed E-state index contributed by atoms with van der Waals surface area (Å²) in [7, 11) is 0. The van der Waals surface area contributed by atoms with Gasteiger partial charge in [0.25, 0.3) is 5.91 Å². The van der Waals surface area contributed by atoms with Gasteiger partial charge in [-0.25, -0.2) is 0 Å². The number of aromatic amines is 1. The van der Waals surface area contributed by atoms with Gasteiger partial charge >= 0.3 is 0 Å². The number of amides is 1. The van der Waals surface area contributed by atoms with Crippen molar-refractivity contribution in [2.24, 2.45) is 0 Å². The fourth-order valence-electron chi connectivity index (χ4n) is 2.91. The van der Waals surface area contributed by atoms with Gasteiger partial charge in [0.15, 0.2) is 0 Å². The zero-order valence-corrected chi connectivity index (χ0v) is 13.1. The second-order valence-electron chi connectivity index (χ2n) is 5.57. The highest BCUT2D eigenvalue weighted by Crippen LogP contribution is 2.24. The van der Waals surface area contributed by atoms with E-state index in [2.05, 4.69) is 11.1 Å². The number of H-pyrrole nitrogens is 1. The van der Waals surface area contributed by atoms with E-state index in [-0.39, 0.29) is 12.0 Å². The summed E-state index contributed by atoms with van der Waals surface area (Å²) in [5.74, 6) is 0.0350. The van der Waals surface area contributed by atoms with Crippen molar-refractivity contribution in [2.75, 3.05) is 19.7 Å². The summed E-state index contributed by atoms with van der Waals surface area (Å²) in [5.41, 5.74) is 3.24. The minimum Gasteiger partial charge on any atom is -0.370 e. The van der Waals surface area contributed by atoms with Crippen LogP contribution in [0.15, 0.2) is 36.5 Å². The molecule has 1 fully saturated rings. The third-order valence-corrected chi connectivity index (χ3v) is 4.16. The lowest BCUT2D eigenvalue weighted by Crippen LogP contribution is -2.42. The van der Waals surface area contributed by atoms with Crippen LogP contribution >= 0.6 is 0 Å². The highest BCUT2D eigenvalue weighted by atomic mass is 16.5. The van der Waals surface area contributed by atoms with E-state index in [1.165, 1.54) is 0 Å². The van der Waals surface area contributed by atoms with Crippen molar-refractivity contribution in [3.05, 3.63) is 58.9 Å². The molecule has 0 saturated carbocycles. The normalized spacial score (nSPS) is 17.7. The van der Waals surface area contributed by atoms with E-state index >= 15 is 0 Å². The molecule has 1 aromatic carbocycles. The molecule has 1 aliphatic rings. The van der Waals surface area contributed by atoms with Gasteiger partial charge in [-0.1, -0.05) is 19.1 Å². The molecular formula is C18H19N3O2. The molecule has 23 heavy (non-hydrogen) atoms. The number of nitrogens with zero attached hydrogens (tertiary/aromatic N) is 2. The van der Waals surface area contributed by atoms with Crippen LogP contribution in [0.2, 0.25) is 0 Å². The van der Waals surface area contributed by atoms with Crippen LogP contribution in [0.1, 0.15) is 40.2 Å². The Kier molecular flexibility index (Phi) is 4.45. The summed E-state index contributed by atoms with van der Waals surface area (Å²) in [6.45, 7) is 3.61. The fourth-order valence-corrected chi connectivity index (χ4v) is 2.91. The molecule has 1 amide bonds. The molecule has 1 aromatic heterocycles. The molecular weight excluding hydrogens is 290 g/mol. The molecule has 1 unspecified atom stereocenters. The Balaban J connectivity index is 1.78. The van der Waals surface area contributed by atoms with E-state index in [1.807, 2.05) is 36.1 Å². The Labute approximate surface area is 135 Å². The van der Waals surface area contributed by atoms with Gasteiger partial charge in [0.05, 0.1) is 30.3 Å². The number of rotatable bonds is 3. The van der Waals surface area contributed by atoms with Crippen molar-refractivity contribution in [1.82, 2.24) is 9.88 Å². The zero-order chi connectivity index (χ0) is 16.2. The highest BCUT2D eigenvalue weighted by Gasteiger charge is 2.27. The largest absolute Gasteiger partial charge is 0.370 e. The van der Waals surface area contributed by atoms with Crippen molar-refractivity contribution in [1.29, 1.82) is 5.26 Å². The quantitative estimate of drug-likeness (QED) is 0.947. The van der Waals surface area contributed by atoms with E-state index in [1.54, 1.807) is 12.3 Å². The number of nitrogens with one attached hydrogen (secondary N) is 1. The van der Waals surface area contributed by atoms with Crippen LogP contribution in [0.5, 0.6) is 0 Å². The average molecular weight is 309 g/mol. The van der Waals surface area contributed by atoms with E-state index in [4.69, 9.17) is 10.00 Å². The van der Waals surface area contributed by atoms with Crippen molar-refractivity contribution in [3.8, 4) is 6.07 Å². The fraction of sp³-hybridized carbons (Fsp3) is 0.333. The van der Waals surface area contributed by atoms with E-state index in [0.29, 0.717) is 25.3 Å². The van der Waals surface area contributed by atoms with Gasteiger partial charge in [0.1, 0.15) is 6.10 Å². The average Bonchev–Trinajstić information content (AvgIpc) is 3.10.